The Hall–Kier alpha value is -2.19. The largest absolute Gasteiger partial charge is 0.506 e. The number of aromatic nitrogens is 3. The molecule has 2 aromatic rings. The molecule has 0 amide bonds. The van der Waals surface area contributed by atoms with Crippen molar-refractivity contribution < 1.29 is 14.9 Å². The van der Waals surface area contributed by atoms with Crippen molar-refractivity contribution in [3.63, 3.8) is 0 Å². The first-order valence-electron chi connectivity index (χ1n) is 6.62. The van der Waals surface area contributed by atoms with Gasteiger partial charge in [-0.25, -0.2) is 0 Å². The van der Waals surface area contributed by atoms with Crippen molar-refractivity contribution in [3.05, 3.63) is 43.7 Å². The molecule has 0 unspecified atom stereocenters. The van der Waals surface area contributed by atoms with Crippen LogP contribution in [0.25, 0.3) is 0 Å². The molecule has 0 saturated carbocycles. The molecule has 1 aliphatic heterocycles. The molecule has 3 heterocycles. The third-order valence-electron chi connectivity index (χ3n) is 3.96. The molecule has 0 fully saturated rings. The average molecular weight is 321 g/mol. The smallest absolute Gasteiger partial charge is 0.264 e. The van der Waals surface area contributed by atoms with Crippen molar-refractivity contribution in [3.8, 4) is 11.6 Å². The highest BCUT2D eigenvalue weighted by Crippen LogP contribution is 2.42. The Morgan fingerprint density at radius 3 is 2.68 bits per heavy atom. The van der Waals surface area contributed by atoms with E-state index in [0.29, 0.717) is 16.8 Å². The Morgan fingerprint density at radius 1 is 1.32 bits per heavy atom. The van der Waals surface area contributed by atoms with Gasteiger partial charge in [0.25, 0.3) is 5.56 Å². The molecule has 0 saturated heterocycles. The fourth-order valence-corrected chi connectivity index (χ4v) is 2.80. The highest BCUT2D eigenvalue weighted by Gasteiger charge is 2.34. The summed E-state index contributed by atoms with van der Waals surface area (Å²) in [6.45, 7) is 1.87. The molecule has 3 rings (SSSR count). The number of ether oxygens (including phenoxy) is 1. The van der Waals surface area contributed by atoms with Crippen LogP contribution in [-0.4, -0.2) is 24.3 Å². The van der Waals surface area contributed by atoms with Crippen LogP contribution in [0, 0.1) is 11.7 Å². The molecule has 8 heteroatoms. The predicted molar refractivity (Wildman–Crippen MR) is 80.4 cm³/mol. The SMILES string of the molecule is Cc1ncc2c(c1O)[C@H](c1c(O)n(C)c(=S)n(C)c1=O)OC2. The molecule has 0 spiro atoms. The first-order chi connectivity index (χ1) is 10.3. The van der Waals surface area contributed by atoms with Crippen LogP contribution in [0.4, 0.5) is 0 Å². The van der Waals surface area contributed by atoms with Crippen molar-refractivity contribution in [2.45, 2.75) is 19.6 Å². The zero-order valence-corrected chi connectivity index (χ0v) is 13.1. The standard InChI is InChI=1S/C14H15N3O4S/c1-6-10(18)8-7(4-15-6)5-21-11(8)9-12(19)16(2)14(22)17(3)13(9)20/h4,11,18-19H,5H2,1-3H3/t11-/m1/s1. The highest BCUT2D eigenvalue weighted by atomic mass is 32.1. The van der Waals surface area contributed by atoms with Crippen LogP contribution in [0.1, 0.15) is 28.5 Å². The average Bonchev–Trinajstić information content (AvgIpc) is 2.92. The van der Waals surface area contributed by atoms with Gasteiger partial charge in [-0.1, -0.05) is 0 Å². The molecule has 1 aliphatic rings. The topological polar surface area (TPSA) is 89.5 Å². The monoisotopic (exact) mass is 321 g/mol. The fraction of sp³-hybridized carbons (Fsp3) is 0.357. The van der Waals surface area contributed by atoms with Crippen molar-refractivity contribution in [2.24, 2.45) is 14.1 Å². The maximum Gasteiger partial charge on any atom is 0.264 e. The summed E-state index contributed by atoms with van der Waals surface area (Å²) in [6, 6.07) is 0. The lowest BCUT2D eigenvalue weighted by atomic mass is 10.00. The van der Waals surface area contributed by atoms with Gasteiger partial charge in [0.15, 0.2) is 4.77 Å². The van der Waals surface area contributed by atoms with Crippen LogP contribution in [-0.2, 0) is 25.4 Å². The van der Waals surface area contributed by atoms with Crippen LogP contribution >= 0.6 is 12.2 Å². The minimum atomic E-state index is -0.850. The van der Waals surface area contributed by atoms with E-state index < -0.39 is 11.7 Å². The molecule has 116 valence electrons. The summed E-state index contributed by atoms with van der Waals surface area (Å²) in [6.07, 6.45) is 0.755. The Labute approximate surface area is 131 Å². The van der Waals surface area contributed by atoms with Crippen LogP contribution in [0.3, 0.4) is 0 Å². The van der Waals surface area contributed by atoms with Gasteiger partial charge in [0, 0.05) is 31.4 Å². The van der Waals surface area contributed by atoms with Gasteiger partial charge in [0.1, 0.15) is 17.4 Å². The van der Waals surface area contributed by atoms with E-state index in [1.807, 2.05) is 0 Å². The highest BCUT2D eigenvalue weighted by molar-refractivity contribution is 7.71. The minimum Gasteiger partial charge on any atom is -0.506 e. The summed E-state index contributed by atoms with van der Waals surface area (Å²) in [5.41, 5.74) is 1.21. The predicted octanol–water partition coefficient (Wildman–Crippen LogP) is 1.19. The molecule has 0 radical (unpaired) electrons. The van der Waals surface area contributed by atoms with E-state index in [2.05, 4.69) is 4.98 Å². The second-order valence-electron chi connectivity index (χ2n) is 5.27. The van der Waals surface area contributed by atoms with Gasteiger partial charge >= 0.3 is 0 Å². The van der Waals surface area contributed by atoms with Crippen molar-refractivity contribution in [1.29, 1.82) is 0 Å². The van der Waals surface area contributed by atoms with Crippen LogP contribution in [0.2, 0.25) is 0 Å². The third kappa shape index (κ3) is 1.87. The Bertz CT molecular complexity index is 900. The lowest BCUT2D eigenvalue weighted by Gasteiger charge is -2.17. The van der Waals surface area contributed by atoms with Crippen molar-refractivity contribution in [1.82, 2.24) is 14.1 Å². The van der Waals surface area contributed by atoms with E-state index in [9.17, 15) is 15.0 Å². The van der Waals surface area contributed by atoms with Gasteiger partial charge < -0.3 is 14.9 Å². The Balaban J connectivity index is 2.32. The number of hydrogen-bond donors (Lipinski definition) is 2. The summed E-state index contributed by atoms with van der Waals surface area (Å²) < 4.78 is 8.42. The molecular weight excluding hydrogens is 306 g/mol. The Morgan fingerprint density at radius 2 is 2.00 bits per heavy atom. The van der Waals surface area contributed by atoms with Gasteiger partial charge in [-0.15, -0.1) is 0 Å². The molecular formula is C14H15N3O4S. The number of aromatic hydroxyl groups is 2. The van der Waals surface area contributed by atoms with E-state index in [-0.39, 0.29) is 28.6 Å². The number of nitrogens with zero attached hydrogens (tertiary/aromatic N) is 3. The maximum atomic E-state index is 12.5. The van der Waals surface area contributed by atoms with Gasteiger partial charge in [-0.2, -0.15) is 0 Å². The van der Waals surface area contributed by atoms with Crippen molar-refractivity contribution in [2.75, 3.05) is 0 Å². The van der Waals surface area contributed by atoms with Gasteiger partial charge in [0.2, 0.25) is 5.88 Å². The lowest BCUT2D eigenvalue weighted by molar-refractivity contribution is 0.0886. The molecule has 0 aliphatic carbocycles. The lowest BCUT2D eigenvalue weighted by Crippen LogP contribution is -2.27. The van der Waals surface area contributed by atoms with E-state index in [1.54, 1.807) is 20.2 Å². The summed E-state index contributed by atoms with van der Waals surface area (Å²) in [4.78, 5) is 16.6. The molecule has 0 bridgehead atoms. The molecule has 2 aromatic heterocycles. The zero-order chi connectivity index (χ0) is 16.2. The molecule has 22 heavy (non-hydrogen) atoms. The first kappa shape index (κ1) is 14.7. The number of aryl methyl sites for hydroxylation is 1. The fourth-order valence-electron chi connectivity index (χ4n) is 2.63. The number of pyridine rings is 1. The molecule has 1 atom stereocenters. The molecule has 2 N–H and O–H groups in total. The number of hydrogen-bond acceptors (Lipinski definition) is 6. The summed E-state index contributed by atoms with van der Waals surface area (Å²) in [7, 11) is 3.09. The summed E-state index contributed by atoms with van der Waals surface area (Å²) in [5.74, 6) is -0.286. The summed E-state index contributed by atoms with van der Waals surface area (Å²) >= 11 is 5.09. The van der Waals surface area contributed by atoms with Crippen molar-refractivity contribution >= 4 is 12.2 Å². The molecule has 7 nitrogen and oxygen atoms in total. The molecule has 0 aromatic carbocycles. The third-order valence-corrected chi connectivity index (χ3v) is 4.50. The van der Waals surface area contributed by atoms with Gasteiger partial charge in [-0.05, 0) is 19.1 Å². The van der Waals surface area contributed by atoms with E-state index >= 15 is 0 Å². The normalized spacial score (nSPS) is 16.8. The Kier molecular flexibility index (Phi) is 3.30. The van der Waals surface area contributed by atoms with Crippen LogP contribution in [0.15, 0.2) is 11.0 Å². The zero-order valence-electron chi connectivity index (χ0n) is 12.3. The maximum absolute atomic E-state index is 12.5. The van der Waals surface area contributed by atoms with Crippen LogP contribution < -0.4 is 5.56 Å². The van der Waals surface area contributed by atoms with Gasteiger partial charge in [-0.3, -0.25) is 18.9 Å². The quantitative estimate of drug-likeness (QED) is 0.767. The number of rotatable bonds is 1. The van der Waals surface area contributed by atoms with E-state index in [4.69, 9.17) is 17.0 Å². The second kappa shape index (κ2) is 4.92. The number of fused-ring (bicyclic) bond motifs is 1. The van der Waals surface area contributed by atoms with E-state index in [0.717, 1.165) is 0 Å². The summed E-state index contributed by atoms with van der Waals surface area (Å²) in [5, 5.41) is 20.6. The van der Waals surface area contributed by atoms with Crippen LogP contribution in [0.5, 0.6) is 11.6 Å². The van der Waals surface area contributed by atoms with E-state index in [1.165, 1.54) is 16.2 Å². The minimum absolute atomic E-state index is 0.0217. The van der Waals surface area contributed by atoms with Gasteiger partial charge in [0.05, 0.1) is 12.3 Å². The second-order valence-corrected chi connectivity index (χ2v) is 5.63. The first-order valence-corrected chi connectivity index (χ1v) is 7.03.